The van der Waals surface area contributed by atoms with Crippen LogP contribution in [0, 0.1) is 0 Å². The highest BCUT2D eigenvalue weighted by Gasteiger charge is 2.01. The van der Waals surface area contributed by atoms with E-state index in [9.17, 15) is 0 Å². The summed E-state index contributed by atoms with van der Waals surface area (Å²) >= 11 is 5.97. The van der Waals surface area contributed by atoms with E-state index in [2.05, 4.69) is 10.3 Å². The molecule has 3 N–H and O–H groups in total. The molecule has 0 saturated carbocycles. The molecule has 1 heterocycles. The van der Waals surface area contributed by atoms with E-state index in [1.165, 1.54) is 0 Å². The van der Waals surface area contributed by atoms with E-state index in [4.69, 9.17) is 17.3 Å². The molecule has 3 rings (SSSR count). The normalized spacial score (nSPS) is 9.26. The first-order chi connectivity index (χ1) is 9.72. The summed E-state index contributed by atoms with van der Waals surface area (Å²) < 4.78 is 0. The lowest BCUT2D eigenvalue weighted by molar-refractivity contribution is 1.15. The van der Waals surface area contributed by atoms with Crippen LogP contribution in [0.1, 0.15) is 5.56 Å². The number of anilines is 2. The van der Waals surface area contributed by atoms with Crippen LogP contribution in [0.3, 0.4) is 0 Å². The third-order valence-corrected chi connectivity index (χ3v) is 3.42. The van der Waals surface area contributed by atoms with Crippen molar-refractivity contribution in [2.45, 2.75) is 6.54 Å². The summed E-state index contributed by atoms with van der Waals surface area (Å²) in [5.74, 6) is 0.550. The zero-order chi connectivity index (χ0) is 13.9. The van der Waals surface area contributed by atoms with Gasteiger partial charge in [0.25, 0.3) is 0 Å². The SMILES string of the molecule is Cl.Cl.Cl.Nc1nccc2ccc(NCc3cccc(Cl)c3)cc12. The zero-order valence-corrected chi connectivity index (χ0v) is 15.2. The highest BCUT2D eigenvalue weighted by Crippen LogP contribution is 2.23. The smallest absolute Gasteiger partial charge is 0.131 e. The highest BCUT2D eigenvalue weighted by molar-refractivity contribution is 6.30. The number of halogens is 4. The number of nitrogen functional groups attached to an aromatic ring is 1. The van der Waals surface area contributed by atoms with Gasteiger partial charge in [-0.3, -0.25) is 0 Å². The number of nitrogens with one attached hydrogen (secondary N) is 1. The van der Waals surface area contributed by atoms with Gasteiger partial charge in [-0.15, -0.1) is 37.2 Å². The van der Waals surface area contributed by atoms with E-state index < -0.39 is 0 Å². The van der Waals surface area contributed by atoms with Crippen LogP contribution in [0.15, 0.2) is 54.7 Å². The van der Waals surface area contributed by atoms with Crippen LogP contribution in [0.4, 0.5) is 11.5 Å². The second-order valence-corrected chi connectivity index (χ2v) is 5.05. The Morgan fingerprint density at radius 3 is 2.52 bits per heavy atom. The highest BCUT2D eigenvalue weighted by atomic mass is 35.5. The van der Waals surface area contributed by atoms with Crippen LogP contribution in [0.2, 0.25) is 5.02 Å². The van der Waals surface area contributed by atoms with Gasteiger partial charge in [-0.2, -0.15) is 0 Å². The third kappa shape index (κ3) is 5.33. The van der Waals surface area contributed by atoms with Gasteiger partial charge in [0.05, 0.1) is 0 Å². The molecule has 0 amide bonds. The minimum Gasteiger partial charge on any atom is -0.383 e. The number of rotatable bonds is 3. The predicted octanol–water partition coefficient (Wildman–Crippen LogP) is 5.35. The Balaban J connectivity index is 0.00000161. The molecule has 0 saturated heterocycles. The fraction of sp³-hybridized carbons (Fsp3) is 0.0625. The van der Waals surface area contributed by atoms with Crippen molar-refractivity contribution in [3.8, 4) is 0 Å². The van der Waals surface area contributed by atoms with Crippen LogP contribution in [-0.2, 0) is 6.54 Å². The third-order valence-electron chi connectivity index (χ3n) is 3.18. The van der Waals surface area contributed by atoms with Gasteiger partial charge in [0.15, 0.2) is 0 Å². The number of hydrogen-bond donors (Lipinski definition) is 2. The minimum absolute atomic E-state index is 0. The Labute approximate surface area is 158 Å². The fourth-order valence-corrected chi connectivity index (χ4v) is 2.36. The maximum atomic E-state index is 5.97. The maximum absolute atomic E-state index is 5.97. The van der Waals surface area contributed by atoms with Crippen molar-refractivity contribution in [3.05, 3.63) is 65.3 Å². The Bertz CT molecular complexity index is 765. The summed E-state index contributed by atoms with van der Waals surface area (Å²) in [5.41, 5.74) is 8.04. The minimum atomic E-state index is 0. The molecule has 23 heavy (non-hydrogen) atoms. The van der Waals surface area contributed by atoms with Crippen LogP contribution in [0.5, 0.6) is 0 Å². The van der Waals surface area contributed by atoms with Crippen molar-refractivity contribution in [2.24, 2.45) is 0 Å². The second kappa shape index (κ2) is 9.68. The lowest BCUT2D eigenvalue weighted by Crippen LogP contribution is -1.99. The van der Waals surface area contributed by atoms with Crippen molar-refractivity contribution in [1.29, 1.82) is 0 Å². The number of hydrogen-bond acceptors (Lipinski definition) is 3. The van der Waals surface area contributed by atoms with Gasteiger partial charge in [-0.1, -0.05) is 29.8 Å². The van der Waals surface area contributed by atoms with Gasteiger partial charge in [0, 0.05) is 28.8 Å². The summed E-state index contributed by atoms with van der Waals surface area (Å²) in [6.45, 7) is 0.715. The molecule has 0 unspecified atom stereocenters. The molecule has 3 aromatic rings. The Kier molecular flexibility index (Phi) is 9.10. The Morgan fingerprint density at radius 2 is 1.78 bits per heavy atom. The van der Waals surface area contributed by atoms with Crippen molar-refractivity contribution in [3.63, 3.8) is 0 Å². The van der Waals surface area contributed by atoms with Gasteiger partial charge in [0.2, 0.25) is 0 Å². The molecule has 0 aliphatic rings. The molecule has 0 aliphatic heterocycles. The molecule has 0 atom stereocenters. The number of nitrogens with zero attached hydrogens (tertiary/aromatic N) is 1. The molecule has 2 aromatic carbocycles. The number of pyridine rings is 1. The first kappa shape index (κ1) is 21.6. The van der Waals surface area contributed by atoms with Gasteiger partial charge in [0.1, 0.15) is 5.82 Å². The van der Waals surface area contributed by atoms with Crippen LogP contribution in [-0.4, -0.2) is 4.98 Å². The molecule has 0 spiro atoms. The number of aromatic nitrogens is 1. The lowest BCUT2D eigenvalue weighted by Gasteiger charge is -2.09. The molecule has 124 valence electrons. The number of fused-ring (bicyclic) bond motifs is 1. The lowest BCUT2D eigenvalue weighted by atomic mass is 10.1. The largest absolute Gasteiger partial charge is 0.383 e. The van der Waals surface area contributed by atoms with Gasteiger partial charge >= 0.3 is 0 Å². The maximum Gasteiger partial charge on any atom is 0.131 e. The molecule has 0 fully saturated rings. The topological polar surface area (TPSA) is 50.9 Å². The summed E-state index contributed by atoms with van der Waals surface area (Å²) in [6, 6.07) is 15.8. The average Bonchev–Trinajstić information content (AvgIpc) is 2.46. The van der Waals surface area contributed by atoms with E-state index in [1.54, 1.807) is 6.20 Å². The van der Waals surface area contributed by atoms with Gasteiger partial charge < -0.3 is 11.1 Å². The molecule has 0 aliphatic carbocycles. The molecule has 1 aromatic heterocycles. The first-order valence-electron chi connectivity index (χ1n) is 6.35. The molecule has 0 radical (unpaired) electrons. The van der Waals surface area contributed by atoms with E-state index in [1.807, 2.05) is 48.5 Å². The van der Waals surface area contributed by atoms with Crippen molar-refractivity contribution < 1.29 is 0 Å². The standard InChI is InChI=1S/C16H14ClN3.3ClH/c17-13-3-1-2-11(8-13)10-20-14-5-4-12-6-7-19-16(18)15(12)9-14;;;/h1-9,20H,10H2,(H2,18,19);3*1H. The number of nitrogens with two attached hydrogens (primary N) is 1. The van der Waals surface area contributed by atoms with Crippen molar-refractivity contribution >= 4 is 71.1 Å². The van der Waals surface area contributed by atoms with Crippen molar-refractivity contribution in [2.75, 3.05) is 11.1 Å². The van der Waals surface area contributed by atoms with Crippen LogP contribution < -0.4 is 11.1 Å². The predicted molar refractivity (Wildman–Crippen MR) is 107 cm³/mol. The van der Waals surface area contributed by atoms with E-state index in [0.29, 0.717) is 12.4 Å². The van der Waals surface area contributed by atoms with Gasteiger partial charge in [-0.05, 0) is 41.3 Å². The van der Waals surface area contributed by atoms with Crippen molar-refractivity contribution in [1.82, 2.24) is 4.98 Å². The monoisotopic (exact) mass is 391 g/mol. The quantitative estimate of drug-likeness (QED) is 0.631. The summed E-state index contributed by atoms with van der Waals surface area (Å²) in [7, 11) is 0. The zero-order valence-electron chi connectivity index (χ0n) is 12.0. The molecule has 3 nitrogen and oxygen atoms in total. The van der Waals surface area contributed by atoms with E-state index >= 15 is 0 Å². The first-order valence-corrected chi connectivity index (χ1v) is 6.73. The Hall–Kier alpha value is -1.39. The van der Waals surface area contributed by atoms with Crippen LogP contribution >= 0.6 is 48.8 Å². The molecular weight excluding hydrogens is 376 g/mol. The molecule has 0 bridgehead atoms. The number of benzene rings is 2. The van der Waals surface area contributed by atoms with Gasteiger partial charge in [-0.25, -0.2) is 4.98 Å². The van der Waals surface area contributed by atoms with E-state index in [0.717, 1.165) is 27.0 Å². The van der Waals surface area contributed by atoms with Crippen LogP contribution in [0.25, 0.3) is 10.8 Å². The fourth-order valence-electron chi connectivity index (χ4n) is 2.15. The summed E-state index contributed by atoms with van der Waals surface area (Å²) in [5, 5.41) is 6.16. The second-order valence-electron chi connectivity index (χ2n) is 4.62. The average molecular weight is 393 g/mol. The summed E-state index contributed by atoms with van der Waals surface area (Å²) in [4.78, 5) is 4.11. The Morgan fingerprint density at radius 1 is 1.00 bits per heavy atom. The van der Waals surface area contributed by atoms with E-state index in [-0.39, 0.29) is 37.2 Å². The molecular formula is C16H17Cl4N3. The summed E-state index contributed by atoms with van der Waals surface area (Å²) in [6.07, 6.45) is 1.72. The molecule has 7 heteroatoms.